The minimum Gasteiger partial charge on any atom is -0.314 e. The Labute approximate surface area is 116 Å². The lowest BCUT2D eigenvalue weighted by Crippen LogP contribution is -2.45. The molecule has 0 saturated carbocycles. The quantitative estimate of drug-likeness (QED) is 0.904. The van der Waals surface area contributed by atoms with E-state index in [-0.39, 0.29) is 5.91 Å². The van der Waals surface area contributed by atoms with Crippen LogP contribution in [0.5, 0.6) is 0 Å². The van der Waals surface area contributed by atoms with Crippen LogP contribution >= 0.6 is 11.6 Å². The molecule has 19 heavy (non-hydrogen) atoms. The Hall–Kier alpha value is -1.91. The molecule has 4 nitrogen and oxygen atoms in total. The normalized spacial score (nSPS) is 13.6. The first-order valence-electron chi connectivity index (χ1n) is 5.77. The molecule has 0 fully saturated rings. The lowest BCUT2D eigenvalue weighted by Gasteiger charge is -2.23. The predicted octanol–water partition coefficient (Wildman–Crippen LogP) is 2.55. The summed E-state index contributed by atoms with van der Waals surface area (Å²) >= 11 is 5.84. The molecule has 0 radical (unpaired) electrons. The van der Waals surface area contributed by atoms with E-state index in [0.717, 1.165) is 5.56 Å². The van der Waals surface area contributed by atoms with E-state index >= 15 is 0 Å². The standard InChI is InChI=1S/C14H14ClN3O/c1-14(16,10-5-3-2-4-6-10)13(19)18-12-9-11(15)7-8-17-12/h2-9H,16H2,1H3,(H,17,18,19). The maximum absolute atomic E-state index is 12.2. The summed E-state index contributed by atoms with van der Waals surface area (Å²) in [7, 11) is 0. The van der Waals surface area contributed by atoms with Gasteiger partial charge in [-0.1, -0.05) is 41.9 Å². The molecule has 1 atom stereocenters. The van der Waals surface area contributed by atoms with E-state index < -0.39 is 5.54 Å². The summed E-state index contributed by atoms with van der Waals surface area (Å²) in [5, 5.41) is 3.17. The number of benzene rings is 1. The highest BCUT2D eigenvalue weighted by Gasteiger charge is 2.30. The fourth-order valence-electron chi connectivity index (χ4n) is 1.63. The van der Waals surface area contributed by atoms with Crippen molar-refractivity contribution in [2.45, 2.75) is 12.5 Å². The fraction of sp³-hybridized carbons (Fsp3) is 0.143. The smallest absolute Gasteiger partial charge is 0.249 e. The number of nitrogens with zero attached hydrogens (tertiary/aromatic N) is 1. The average Bonchev–Trinajstić information content (AvgIpc) is 2.39. The topological polar surface area (TPSA) is 68.0 Å². The van der Waals surface area contributed by atoms with Crippen molar-refractivity contribution < 1.29 is 4.79 Å². The lowest BCUT2D eigenvalue weighted by atomic mass is 9.92. The number of anilines is 1. The number of carbonyl (C=O) groups excluding carboxylic acids is 1. The summed E-state index contributed by atoms with van der Waals surface area (Å²) in [4.78, 5) is 16.2. The van der Waals surface area contributed by atoms with Gasteiger partial charge in [0.1, 0.15) is 11.4 Å². The number of nitrogens with one attached hydrogen (secondary N) is 1. The van der Waals surface area contributed by atoms with Crippen LogP contribution in [0.15, 0.2) is 48.7 Å². The van der Waals surface area contributed by atoms with Crippen molar-refractivity contribution in [3.05, 3.63) is 59.2 Å². The second-order valence-electron chi connectivity index (χ2n) is 4.38. The van der Waals surface area contributed by atoms with Gasteiger partial charge in [-0.25, -0.2) is 4.98 Å². The van der Waals surface area contributed by atoms with Crippen molar-refractivity contribution in [2.75, 3.05) is 5.32 Å². The second kappa shape index (κ2) is 5.38. The number of hydrogen-bond donors (Lipinski definition) is 2. The molecule has 2 rings (SSSR count). The molecule has 2 aromatic rings. The van der Waals surface area contributed by atoms with Gasteiger partial charge in [-0.2, -0.15) is 0 Å². The Balaban J connectivity index is 2.20. The van der Waals surface area contributed by atoms with Crippen molar-refractivity contribution in [3.8, 4) is 0 Å². The highest BCUT2D eigenvalue weighted by molar-refractivity contribution is 6.30. The van der Waals surface area contributed by atoms with Crippen LogP contribution < -0.4 is 11.1 Å². The minimum absolute atomic E-state index is 0.339. The van der Waals surface area contributed by atoms with Gasteiger partial charge in [0.15, 0.2) is 0 Å². The molecule has 0 bridgehead atoms. The SMILES string of the molecule is CC(N)(C(=O)Nc1cc(Cl)ccn1)c1ccccc1. The van der Waals surface area contributed by atoms with E-state index in [9.17, 15) is 4.79 Å². The van der Waals surface area contributed by atoms with Gasteiger partial charge >= 0.3 is 0 Å². The van der Waals surface area contributed by atoms with Crippen molar-refractivity contribution in [1.29, 1.82) is 0 Å². The van der Waals surface area contributed by atoms with Crippen LogP contribution in [0.3, 0.4) is 0 Å². The number of pyridine rings is 1. The molecule has 3 N–H and O–H groups in total. The number of rotatable bonds is 3. The summed E-state index contributed by atoms with van der Waals surface area (Å²) in [6.45, 7) is 1.65. The Kier molecular flexibility index (Phi) is 3.83. The van der Waals surface area contributed by atoms with E-state index in [1.54, 1.807) is 19.1 Å². The molecule has 1 aromatic heterocycles. The maximum Gasteiger partial charge on any atom is 0.249 e. The van der Waals surface area contributed by atoms with Gasteiger partial charge in [0.25, 0.3) is 0 Å². The van der Waals surface area contributed by atoms with Crippen molar-refractivity contribution in [2.24, 2.45) is 5.73 Å². The zero-order chi connectivity index (χ0) is 13.9. The molecule has 1 heterocycles. The number of carbonyl (C=O) groups is 1. The fourth-order valence-corrected chi connectivity index (χ4v) is 1.79. The maximum atomic E-state index is 12.2. The summed E-state index contributed by atoms with van der Waals surface area (Å²) in [6.07, 6.45) is 1.52. The highest BCUT2D eigenvalue weighted by atomic mass is 35.5. The minimum atomic E-state index is -1.13. The first kappa shape index (κ1) is 13.5. The lowest BCUT2D eigenvalue weighted by molar-refractivity contribution is -0.120. The van der Waals surface area contributed by atoms with Gasteiger partial charge in [0.2, 0.25) is 5.91 Å². The average molecular weight is 276 g/mol. The summed E-state index contributed by atoms with van der Waals surface area (Å²) in [5.74, 6) is 0.0403. The van der Waals surface area contributed by atoms with Gasteiger partial charge in [-0.05, 0) is 24.6 Å². The zero-order valence-electron chi connectivity index (χ0n) is 10.4. The van der Waals surface area contributed by atoms with Crippen LogP contribution in [0.25, 0.3) is 0 Å². The van der Waals surface area contributed by atoms with Crippen LogP contribution in [0.1, 0.15) is 12.5 Å². The molecule has 98 valence electrons. The molecule has 5 heteroatoms. The largest absolute Gasteiger partial charge is 0.314 e. The Bertz CT molecular complexity index is 584. The first-order chi connectivity index (χ1) is 9.00. The molecule has 0 spiro atoms. The number of amides is 1. The molecule has 1 unspecified atom stereocenters. The third-order valence-electron chi connectivity index (χ3n) is 2.81. The van der Waals surface area contributed by atoms with Crippen molar-refractivity contribution in [3.63, 3.8) is 0 Å². The van der Waals surface area contributed by atoms with Crippen LogP contribution in [0.2, 0.25) is 5.02 Å². The van der Waals surface area contributed by atoms with E-state index in [0.29, 0.717) is 10.8 Å². The van der Waals surface area contributed by atoms with E-state index in [1.807, 2.05) is 30.3 Å². The highest BCUT2D eigenvalue weighted by Crippen LogP contribution is 2.20. The second-order valence-corrected chi connectivity index (χ2v) is 4.82. The number of nitrogens with two attached hydrogens (primary N) is 1. The number of aromatic nitrogens is 1. The van der Waals surface area contributed by atoms with E-state index in [4.69, 9.17) is 17.3 Å². The molecular formula is C14H14ClN3O. The van der Waals surface area contributed by atoms with E-state index in [2.05, 4.69) is 10.3 Å². The molecule has 1 aromatic carbocycles. The van der Waals surface area contributed by atoms with Gasteiger partial charge in [-0.15, -0.1) is 0 Å². The van der Waals surface area contributed by atoms with Crippen molar-refractivity contribution >= 4 is 23.3 Å². The summed E-state index contributed by atoms with van der Waals surface area (Å²) in [6, 6.07) is 12.4. The molecular weight excluding hydrogens is 262 g/mol. The monoisotopic (exact) mass is 275 g/mol. The molecule has 0 aliphatic heterocycles. The summed E-state index contributed by atoms with van der Waals surface area (Å²) < 4.78 is 0. The molecule has 0 aliphatic carbocycles. The number of halogens is 1. The third-order valence-corrected chi connectivity index (χ3v) is 3.04. The van der Waals surface area contributed by atoms with Gasteiger partial charge < -0.3 is 11.1 Å². The van der Waals surface area contributed by atoms with Gasteiger partial charge in [0.05, 0.1) is 0 Å². The van der Waals surface area contributed by atoms with Gasteiger partial charge in [-0.3, -0.25) is 4.79 Å². The van der Waals surface area contributed by atoms with Crippen molar-refractivity contribution in [1.82, 2.24) is 4.98 Å². The van der Waals surface area contributed by atoms with Crippen LogP contribution in [-0.2, 0) is 10.3 Å². The number of hydrogen-bond acceptors (Lipinski definition) is 3. The summed E-state index contributed by atoms with van der Waals surface area (Å²) in [5.41, 5.74) is 5.69. The molecule has 0 saturated heterocycles. The van der Waals surface area contributed by atoms with E-state index in [1.165, 1.54) is 6.20 Å². The first-order valence-corrected chi connectivity index (χ1v) is 6.15. The Morgan fingerprint density at radius 2 is 2.00 bits per heavy atom. The predicted molar refractivity (Wildman–Crippen MR) is 75.9 cm³/mol. The Morgan fingerprint density at radius 3 is 2.63 bits per heavy atom. The van der Waals surface area contributed by atoms with Crippen LogP contribution in [-0.4, -0.2) is 10.9 Å². The van der Waals surface area contributed by atoms with Crippen LogP contribution in [0, 0.1) is 0 Å². The Morgan fingerprint density at radius 1 is 1.32 bits per heavy atom. The van der Waals surface area contributed by atoms with Gasteiger partial charge in [0, 0.05) is 11.2 Å². The van der Waals surface area contributed by atoms with Crippen LogP contribution in [0.4, 0.5) is 5.82 Å². The molecule has 1 amide bonds. The zero-order valence-corrected chi connectivity index (χ0v) is 11.2. The molecule has 0 aliphatic rings. The third kappa shape index (κ3) is 3.10.